The van der Waals surface area contributed by atoms with Gasteiger partial charge in [-0.25, -0.2) is 4.79 Å². The van der Waals surface area contributed by atoms with E-state index in [2.05, 4.69) is 5.32 Å². The molecule has 0 spiro atoms. The fourth-order valence-corrected chi connectivity index (χ4v) is 2.21. The van der Waals surface area contributed by atoms with Gasteiger partial charge in [0.25, 0.3) is 0 Å². The van der Waals surface area contributed by atoms with Crippen LogP contribution in [0, 0.1) is 0 Å². The van der Waals surface area contributed by atoms with Gasteiger partial charge in [-0.3, -0.25) is 0 Å². The fraction of sp³-hybridized carbons (Fsp3) is 0.500. The summed E-state index contributed by atoms with van der Waals surface area (Å²) >= 11 is 0. The van der Waals surface area contributed by atoms with E-state index in [-0.39, 0.29) is 12.1 Å². The summed E-state index contributed by atoms with van der Waals surface area (Å²) in [4.78, 5) is 13.2. The molecule has 0 saturated carbocycles. The maximum Gasteiger partial charge on any atom is 0.410 e. The van der Waals surface area contributed by atoms with E-state index in [9.17, 15) is 4.79 Å². The first-order valence-corrected chi connectivity index (χ1v) is 6.57. The Bertz CT molecular complexity index is 436. The maximum atomic E-state index is 11.5. The highest BCUT2D eigenvalue weighted by atomic mass is 16.6. The molecule has 5 nitrogen and oxygen atoms in total. The first-order chi connectivity index (χ1) is 9.26. The average Bonchev–Trinajstić information content (AvgIpc) is 2.83. The molecule has 2 rings (SSSR count). The molecule has 1 aromatic carbocycles. The number of benzene rings is 1. The van der Waals surface area contributed by atoms with Gasteiger partial charge >= 0.3 is 6.09 Å². The quantitative estimate of drug-likeness (QED) is 0.851. The normalized spacial score (nSPS) is 16.3. The number of rotatable bonds is 6. The van der Waals surface area contributed by atoms with Crippen molar-refractivity contribution in [1.29, 1.82) is 0 Å². The first kappa shape index (κ1) is 13.7. The second-order valence-corrected chi connectivity index (χ2v) is 4.37. The van der Waals surface area contributed by atoms with E-state index in [0.29, 0.717) is 26.3 Å². The molecule has 1 amide bonds. The SMILES string of the molecule is CCOc1ccccc1C(CN1CCOC1=O)NC. The summed E-state index contributed by atoms with van der Waals surface area (Å²) in [6, 6.07) is 7.93. The van der Waals surface area contributed by atoms with Crippen LogP contribution in [-0.4, -0.2) is 44.3 Å². The average molecular weight is 264 g/mol. The summed E-state index contributed by atoms with van der Waals surface area (Å²) in [5.41, 5.74) is 1.06. The van der Waals surface area contributed by atoms with E-state index < -0.39 is 0 Å². The number of para-hydroxylation sites is 1. The lowest BCUT2D eigenvalue weighted by molar-refractivity contribution is 0.156. The fourth-order valence-electron chi connectivity index (χ4n) is 2.21. The van der Waals surface area contributed by atoms with Gasteiger partial charge in [0, 0.05) is 12.1 Å². The summed E-state index contributed by atoms with van der Waals surface area (Å²) in [5.74, 6) is 0.858. The number of cyclic esters (lactones) is 1. The molecule has 5 heteroatoms. The number of ether oxygens (including phenoxy) is 2. The minimum absolute atomic E-state index is 0.0356. The van der Waals surface area contributed by atoms with Gasteiger partial charge in [-0.2, -0.15) is 0 Å². The Morgan fingerprint density at radius 1 is 1.47 bits per heavy atom. The first-order valence-electron chi connectivity index (χ1n) is 6.57. The van der Waals surface area contributed by atoms with E-state index in [1.165, 1.54) is 0 Å². The van der Waals surface area contributed by atoms with Crippen molar-refractivity contribution in [2.75, 3.05) is 33.4 Å². The number of amides is 1. The van der Waals surface area contributed by atoms with E-state index in [1.54, 1.807) is 4.90 Å². The van der Waals surface area contributed by atoms with Crippen molar-refractivity contribution in [2.24, 2.45) is 0 Å². The van der Waals surface area contributed by atoms with Gasteiger partial charge < -0.3 is 19.7 Å². The van der Waals surface area contributed by atoms with Gasteiger partial charge in [0.1, 0.15) is 12.4 Å². The molecule has 1 aromatic rings. The number of hydrogen-bond donors (Lipinski definition) is 1. The van der Waals surface area contributed by atoms with Crippen molar-refractivity contribution in [3.63, 3.8) is 0 Å². The van der Waals surface area contributed by atoms with Crippen molar-refractivity contribution in [3.8, 4) is 5.75 Å². The zero-order chi connectivity index (χ0) is 13.7. The van der Waals surface area contributed by atoms with Crippen molar-refractivity contribution < 1.29 is 14.3 Å². The molecule has 1 unspecified atom stereocenters. The maximum absolute atomic E-state index is 11.5. The molecule has 0 aromatic heterocycles. The van der Waals surface area contributed by atoms with Crippen molar-refractivity contribution in [2.45, 2.75) is 13.0 Å². The van der Waals surface area contributed by atoms with Crippen LogP contribution in [0.4, 0.5) is 4.79 Å². The predicted octanol–water partition coefficient (Wildman–Crippen LogP) is 1.80. The molecule has 1 fully saturated rings. The lowest BCUT2D eigenvalue weighted by atomic mass is 10.1. The summed E-state index contributed by atoms with van der Waals surface area (Å²) < 4.78 is 10.6. The van der Waals surface area contributed by atoms with E-state index in [4.69, 9.17) is 9.47 Å². The molecule has 1 atom stereocenters. The number of hydrogen-bond acceptors (Lipinski definition) is 4. The molecule has 104 valence electrons. The number of carbonyl (C=O) groups is 1. The summed E-state index contributed by atoms with van der Waals surface area (Å²) in [6.07, 6.45) is -0.242. The van der Waals surface area contributed by atoms with Crippen LogP contribution in [0.5, 0.6) is 5.75 Å². The van der Waals surface area contributed by atoms with Gasteiger partial charge in [-0.15, -0.1) is 0 Å². The topological polar surface area (TPSA) is 50.8 Å². The third-order valence-corrected chi connectivity index (χ3v) is 3.19. The predicted molar refractivity (Wildman–Crippen MR) is 72.3 cm³/mol. The van der Waals surface area contributed by atoms with E-state index >= 15 is 0 Å². The summed E-state index contributed by atoms with van der Waals surface area (Å²) in [7, 11) is 1.88. The van der Waals surface area contributed by atoms with Gasteiger partial charge in [0.15, 0.2) is 0 Å². The third kappa shape index (κ3) is 3.17. The van der Waals surface area contributed by atoms with Crippen molar-refractivity contribution in [3.05, 3.63) is 29.8 Å². The Balaban J connectivity index is 2.14. The van der Waals surface area contributed by atoms with Gasteiger partial charge in [0.2, 0.25) is 0 Å². The number of nitrogens with zero attached hydrogens (tertiary/aromatic N) is 1. The van der Waals surface area contributed by atoms with Crippen LogP contribution in [0.25, 0.3) is 0 Å². The Hall–Kier alpha value is -1.75. The number of carbonyl (C=O) groups excluding carboxylic acids is 1. The second kappa shape index (κ2) is 6.43. The summed E-state index contributed by atoms with van der Waals surface area (Å²) in [5, 5.41) is 3.24. The second-order valence-electron chi connectivity index (χ2n) is 4.37. The molecule has 19 heavy (non-hydrogen) atoms. The molecule has 1 aliphatic heterocycles. The molecule has 0 bridgehead atoms. The Labute approximate surface area is 113 Å². The number of nitrogens with one attached hydrogen (secondary N) is 1. The Kier molecular flexibility index (Phi) is 4.63. The van der Waals surface area contributed by atoms with Crippen LogP contribution in [0.1, 0.15) is 18.5 Å². The molecule has 1 heterocycles. The van der Waals surface area contributed by atoms with Crippen molar-refractivity contribution >= 4 is 6.09 Å². The molecule has 1 saturated heterocycles. The van der Waals surface area contributed by atoms with Crippen LogP contribution in [0.15, 0.2) is 24.3 Å². The van der Waals surface area contributed by atoms with Crippen LogP contribution in [0.3, 0.4) is 0 Å². The molecule has 0 radical (unpaired) electrons. The van der Waals surface area contributed by atoms with E-state index in [1.807, 2.05) is 38.2 Å². The van der Waals surface area contributed by atoms with Crippen LogP contribution in [0.2, 0.25) is 0 Å². The number of likely N-dealkylation sites (N-methyl/N-ethyl adjacent to an activating group) is 1. The lowest BCUT2D eigenvalue weighted by Crippen LogP contribution is -2.34. The highest BCUT2D eigenvalue weighted by molar-refractivity contribution is 5.69. The minimum Gasteiger partial charge on any atom is -0.494 e. The van der Waals surface area contributed by atoms with Crippen LogP contribution >= 0.6 is 0 Å². The zero-order valence-electron chi connectivity index (χ0n) is 11.4. The largest absolute Gasteiger partial charge is 0.494 e. The highest BCUT2D eigenvalue weighted by Crippen LogP contribution is 2.26. The summed E-state index contributed by atoms with van der Waals surface area (Å²) in [6.45, 7) is 4.29. The monoisotopic (exact) mass is 264 g/mol. The van der Waals surface area contributed by atoms with Gasteiger partial charge in [-0.1, -0.05) is 18.2 Å². The molecule has 1 N–H and O–H groups in total. The highest BCUT2D eigenvalue weighted by Gasteiger charge is 2.26. The molecular formula is C14H20N2O3. The van der Waals surface area contributed by atoms with E-state index in [0.717, 1.165) is 11.3 Å². The smallest absolute Gasteiger partial charge is 0.410 e. The van der Waals surface area contributed by atoms with Crippen molar-refractivity contribution in [1.82, 2.24) is 10.2 Å². The Morgan fingerprint density at radius 2 is 2.26 bits per heavy atom. The van der Waals surface area contributed by atoms with Crippen LogP contribution in [-0.2, 0) is 4.74 Å². The molecule has 0 aliphatic carbocycles. The Morgan fingerprint density at radius 3 is 2.89 bits per heavy atom. The third-order valence-electron chi connectivity index (χ3n) is 3.19. The zero-order valence-corrected chi connectivity index (χ0v) is 11.4. The standard InChI is InChI=1S/C14H20N2O3/c1-3-18-13-7-5-4-6-11(13)12(15-2)10-16-8-9-19-14(16)17/h4-7,12,15H,3,8-10H2,1-2H3. The molecular weight excluding hydrogens is 244 g/mol. The minimum atomic E-state index is -0.242. The van der Waals surface area contributed by atoms with Crippen LogP contribution < -0.4 is 10.1 Å². The molecule has 1 aliphatic rings. The lowest BCUT2D eigenvalue weighted by Gasteiger charge is -2.23. The van der Waals surface area contributed by atoms with Gasteiger partial charge in [0.05, 0.1) is 19.2 Å². The van der Waals surface area contributed by atoms with Gasteiger partial charge in [-0.05, 0) is 20.0 Å².